The van der Waals surface area contributed by atoms with Gasteiger partial charge in [0.2, 0.25) is 0 Å². The summed E-state index contributed by atoms with van der Waals surface area (Å²) in [7, 11) is 1.94. The van der Waals surface area contributed by atoms with Gasteiger partial charge in [0.15, 0.2) is 11.4 Å². The third-order valence-electron chi connectivity index (χ3n) is 3.35. The van der Waals surface area contributed by atoms with Crippen molar-refractivity contribution in [3.05, 3.63) is 35.8 Å². The lowest BCUT2D eigenvalue weighted by atomic mass is 10.1. The number of benzene rings is 1. The SMILES string of the molecule is CNC(c1cc2cccc(F)c2o1)C1CSCCS1. The molecule has 0 aliphatic carbocycles. The molecule has 0 radical (unpaired) electrons. The van der Waals surface area contributed by atoms with E-state index in [-0.39, 0.29) is 11.9 Å². The van der Waals surface area contributed by atoms with E-state index in [4.69, 9.17) is 4.42 Å². The molecule has 102 valence electrons. The first-order valence-corrected chi connectivity index (χ1v) is 8.54. The van der Waals surface area contributed by atoms with Crippen molar-refractivity contribution in [3.63, 3.8) is 0 Å². The molecule has 19 heavy (non-hydrogen) atoms. The molecule has 0 spiro atoms. The largest absolute Gasteiger partial charge is 0.456 e. The summed E-state index contributed by atoms with van der Waals surface area (Å²) in [5.74, 6) is 4.04. The van der Waals surface area contributed by atoms with Crippen molar-refractivity contribution in [3.8, 4) is 0 Å². The van der Waals surface area contributed by atoms with Gasteiger partial charge in [0.1, 0.15) is 5.76 Å². The summed E-state index contributed by atoms with van der Waals surface area (Å²) in [5, 5.41) is 4.63. The molecule has 1 N–H and O–H groups in total. The van der Waals surface area contributed by atoms with Crippen LogP contribution in [0.25, 0.3) is 11.0 Å². The topological polar surface area (TPSA) is 25.2 Å². The number of nitrogens with one attached hydrogen (secondary N) is 1. The highest BCUT2D eigenvalue weighted by Crippen LogP contribution is 2.35. The Hall–Kier alpha value is -0.650. The van der Waals surface area contributed by atoms with Crippen molar-refractivity contribution in [2.24, 2.45) is 0 Å². The summed E-state index contributed by atoms with van der Waals surface area (Å²) in [6.45, 7) is 0. The Morgan fingerprint density at radius 2 is 2.32 bits per heavy atom. The van der Waals surface area contributed by atoms with E-state index in [2.05, 4.69) is 5.32 Å². The van der Waals surface area contributed by atoms with Crippen molar-refractivity contribution in [2.75, 3.05) is 24.3 Å². The van der Waals surface area contributed by atoms with Crippen LogP contribution in [0.1, 0.15) is 11.8 Å². The lowest BCUT2D eigenvalue weighted by molar-refractivity contribution is 0.443. The zero-order valence-electron chi connectivity index (χ0n) is 10.7. The number of thioether (sulfide) groups is 2. The second kappa shape index (κ2) is 5.77. The fraction of sp³-hybridized carbons (Fsp3) is 0.429. The Morgan fingerprint density at radius 1 is 1.42 bits per heavy atom. The normalized spacial score (nSPS) is 21.7. The molecule has 1 aromatic carbocycles. The van der Waals surface area contributed by atoms with Gasteiger partial charge in [-0.25, -0.2) is 4.39 Å². The van der Waals surface area contributed by atoms with Gasteiger partial charge in [0.25, 0.3) is 0 Å². The average Bonchev–Trinajstić information content (AvgIpc) is 2.86. The van der Waals surface area contributed by atoms with Crippen LogP contribution in [0, 0.1) is 5.82 Å². The lowest BCUT2D eigenvalue weighted by Gasteiger charge is -2.27. The van der Waals surface area contributed by atoms with Gasteiger partial charge in [-0.15, -0.1) is 0 Å². The highest BCUT2D eigenvalue weighted by atomic mass is 32.2. The number of para-hydroxylation sites is 1. The Balaban J connectivity index is 1.94. The maximum atomic E-state index is 13.7. The molecule has 1 aliphatic rings. The molecular formula is C14H16FNOS2. The highest BCUT2D eigenvalue weighted by Gasteiger charge is 2.27. The van der Waals surface area contributed by atoms with Crippen LogP contribution in [0.4, 0.5) is 4.39 Å². The number of fused-ring (bicyclic) bond motifs is 1. The van der Waals surface area contributed by atoms with Crippen LogP contribution in [0.5, 0.6) is 0 Å². The first-order valence-electron chi connectivity index (χ1n) is 6.34. The first-order chi connectivity index (χ1) is 9.29. The van der Waals surface area contributed by atoms with E-state index >= 15 is 0 Å². The summed E-state index contributed by atoms with van der Waals surface area (Å²) in [5.41, 5.74) is 0.367. The van der Waals surface area contributed by atoms with Crippen molar-refractivity contribution in [1.82, 2.24) is 5.32 Å². The zero-order valence-corrected chi connectivity index (χ0v) is 12.3. The molecule has 0 amide bonds. The van der Waals surface area contributed by atoms with Crippen molar-refractivity contribution in [1.29, 1.82) is 0 Å². The Bertz CT molecular complexity index is 566. The molecule has 1 aliphatic heterocycles. The Morgan fingerprint density at radius 3 is 3.00 bits per heavy atom. The van der Waals surface area contributed by atoms with Crippen molar-refractivity contribution in [2.45, 2.75) is 11.3 Å². The zero-order chi connectivity index (χ0) is 13.2. The monoisotopic (exact) mass is 297 g/mol. The molecule has 1 saturated heterocycles. The van der Waals surface area contributed by atoms with Crippen LogP contribution in [0.15, 0.2) is 28.7 Å². The van der Waals surface area contributed by atoms with E-state index in [0.717, 1.165) is 16.9 Å². The predicted molar refractivity (Wildman–Crippen MR) is 81.5 cm³/mol. The molecule has 2 unspecified atom stereocenters. The minimum atomic E-state index is -0.288. The van der Waals surface area contributed by atoms with Crippen LogP contribution in [-0.4, -0.2) is 29.6 Å². The van der Waals surface area contributed by atoms with Crippen LogP contribution in [0.2, 0.25) is 0 Å². The van der Waals surface area contributed by atoms with Gasteiger partial charge < -0.3 is 9.73 Å². The first kappa shape index (κ1) is 13.3. The minimum absolute atomic E-state index is 0.143. The summed E-state index contributed by atoms with van der Waals surface area (Å²) >= 11 is 3.94. The molecule has 0 saturated carbocycles. The van der Waals surface area contributed by atoms with Gasteiger partial charge in [0, 0.05) is 27.9 Å². The van der Waals surface area contributed by atoms with Gasteiger partial charge in [0.05, 0.1) is 6.04 Å². The average molecular weight is 297 g/mol. The molecular weight excluding hydrogens is 281 g/mol. The summed E-state index contributed by atoms with van der Waals surface area (Å²) in [6, 6.07) is 7.15. The molecule has 2 atom stereocenters. The molecule has 1 aromatic heterocycles. The molecule has 3 rings (SSSR count). The second-order valence-electron chi connectivity index (χ2n) is 4.56. The van der Waals surface area contributed by atoms with Crippen molar-refractivity contribution < 1.29 is 8.81 Å². The van der Waals surface area contributed by atoms with Gasteiger partial charge in [-0.1, -0.05) is 12.1 Å². The molecule has 0 bridgehead atoms. The third kappa shape index (κ3) is 2.64. The summed E-state index contributed by atoms with van der Waals surface area (Å²) in [4.78, 5) is 0. The van der Waals surface area contributed by atoms with Gasteiger partial charge in [-0.3, -0.25) is 0 Å². The number of hydrogen-bond acceptors (Lipinski definition) is 4. The summed E-state index contributed by atoms with van der Waals surface area (Å²) in [6.07, 6.45) is 0. The van der Waals surface area contributed by atoms with E-state index in [1.54, 1.807) is 6.07 Å². The molecule has 2 heterocycles. The molecule has 2 aromatic rings. The fourth-order valence-electron chi connectivity index (χ4n) is 2.41. The van der Waals surface area contributed by atoms with Crippen LogP contribution in [0.3, 0.4) is 0 Å². The van der Waals surface area contributed by atoms with Gasteiger partial charge >= 0.3 is 0 Å². The Kier molecular flexibility index (Phi) is 4.05. The number of halogens is 1. The second-order valence-corrected chi connectivity index (χ2v) is 7.05. The molecule has 5 heteroatoms. The van der Waals surface area contributed by atoms with E-state index in [0.29, 0.717) is 10.8 Å². The van der Waals surface area contributed by atoms with E-state index in [9.17, 15) is 4.39 Å². The van der Waals surface area contributed by atoms with E-state index in [1.165, 1.54) is 17.6 Å². The smallest absolute Gasteiger partial charge is 0.169 e. The van der Waals surface area contributed by atoms with Crippen molar-refractivity contribution >= 4 is 34.5 Å². The van der Waals surface area contributed by atoms with Crippen LogP contribution >= 0.6 is 23.5 Å². The highest BCUT2D eigenvalue weighted by molar-refractivity contribution is 8.06. The predicted octanol–water partition coefficient (Wildman–Crippen LogP) is 3.68. The lowest BCUT2D eigenvalue weighted by Crippen LogP contribution is -2.31. The van der Waals surface area contributed by atoms with Gasteiger partial charge in [-0.05, 0) is 19.2 Å². The fourth-order valence-corrected chi connectivity index (χ4v) is 5.30. The van der Waals surface area contributed by atoms with E-state index < -0.39 is 0 Å². The molecule has 2 nitrogen and oxygen atoms in total. The maximum Gasteiger partial charge on any atom is 0.169 e. The standard InChI is InChI=1S/C14H16FNOS2/c1-16-13(12-8-18-5-6-19-12)11-7-9-3-2-4-10(15)14(9)17-11/h2-4,7,12-13,16H,5-6,8H2,1H3. The minimum Gasteiger partial charge on any atom is -0.456 e. The maximum absolute atomic E-state index is 13.7. The van der Waals surface area contributed by atoms with E-state index in [1.807, 2.05) is 42.7 Å². The van der Waals surface area contributed by atoms with Crippen LogP contribution < -0.4 is 5.32 Å². The summed E-state index contributed by atoms with van der Waals surface area (Å²) < 4.78 is 19.4. The number of furan rings is 1. The van der Waals surface area contributed by atoms with Gasteiger partial charge in [-0.2, -0.15) is 23.5 Å². The Labute approximate surface area is 120 Å². The molecule has 1 fully saturated rings. The van der Waals surface area contributed by atoms with Crippen LogP contribution in [-0.2, 0) is 0 Å². The number of rotatable bonds is 3. The number of hydrogen-bond donors (Lipinski definition) is 1. The quantitative estimate of drug-likeness (QED) is 0.934. The third-order valence-corrected chi connectivity index (χ3v) is 6.21.